The number of ether oxygens (including phenoxy) is 1. The third-order valence-corrected chi connectivity index (χ3v) is 3.66. The maximum Gasteiger partial charge on any atom is 0.274 e. The summed E-state index contributed by atoms with van der Waals surface area (Å²) in [5.41, 5.74) is 1.26. The van der Waals surface area contributed by atoms with E-state index in [2.05, 4.69) is 29.4 Å². The van der Waals surface area contributed by atoms with E-state index in [0.717, 1.165) is 37.4 Å². The van der Waals surface area contributed by atoms with Crippen LogP contribution in [-0.2, 0) is 0 Å². The number of hydrogen-bond donors (Lipinski definition) is 1. The molecule has 1 aromatic heterocycles. The molecule has 0 radical (unpaired) electrons. The third kappa shape index (κ3) is 5.72. The van der Waals surface area contributed by atoms with Crippen molar-refractivity contribution >= 4 is 17.4 Å². The highest BCUT2D eigenvalue weighted by Crippen LogP contribution is 2.19. The van der Waals surface area contributed by atoms with Gasteiger partial charge in [0.05, 0.1) is 6.10 Å². The monoisotopic (exact) mass is 356 g/mol. The van der Waals surface area contributed by atoms with Gasteiger partial charge in [-0.15, -0.1) is 10.2 Å². The molecule has 1 N–H and O–H groups in total. The molecular weight excluding hydrogens is 328 g/mol. The molecule has 1 heterocycles. The first kappa shape index (κ1) is 19.7. The summed E-state index contributed by atoms with van der Waals surface area (Å²) in [4.78, 5) is 14.3. The van der Waals surface area contributed by atoms with Crippen molar-refractivity contribution < 1.29 is 9.53 Å². The van der Waals surface area contributed by atoms with Crippen molar-refractivity contribution in [2.45, 2.75) is 46.6 Å². The number of benzene rings is 1. The average Bonchev–Trinajstić information content (AvgIpc) is 2.63. The Morgan fingerprint density at radius 1 is 1.04 bits per heavy atom. The number of carbonyl (C=O) groups is 1. The van der Waals surface area contributed by atoms with Crippen molar-refractivity contribution in [1.29, 1.82) is 0 Å². The molecule has 0 unspecified atom stereocenters. The first-order valence-corrected chi connectivity index (χ1v) is 9.20. The maximum atomic E-state index is 12.5. The van der Waals surface area contributed by atoms with Crippen molar-refractivity contribution in [3.63, 3.8) is 0 Å². The highest BCUT2D eigenvalue weighted by atomic mass is 16.5. The van der Waals surface area contributed by atoms with Gasteiger partial charge in [-0.25, -0.2) is 0 Å². The Hall–Kier alpha value is -2.63. The van der Waals surface area contributed by atoms with E-state index in [0.29, 0.717) is 11.5 Å². The van der Waals surface area contributed by atoms with Crippen LogP contribution in [0.25, 0.3) is 0 Å². The van der Waals surface area contributed by atoms with Gasteiger partial charge in [-0.3, -0.25) is 4.79 Å². The van der Waals surface area contributed by atoms with Crippen LogP contribution in [0.15, 0.2) is 36.4 Å². The Morgan fingerprint density at radius 2 is 1.69 bits per heavy atom. The van der Waals surface area contributed by atoms with Crippen molar-refractivity contribution in [3.8, 4) is 5.75 Å². The zero-order chi connectivity index (χ0) is 18.9. The summed E-state index contributed by atoms with van der Waals surface area (Å²) in [6.45, 7) is 9.58. The fourth-order valence-electron chi connectivity index (χ4n) is 2.57. The van der Waals surface area contributed by atoms with Gasteiger partial charge in [0, 0.05) is 18.8 Å². The van der Waals surface area contributed by atoms with Gasteiger partial charge >= 0.3 is 0 Å². The number of amides is 1. The number of nitrogens with one attached hydrogen (secondary N) is 1. The van der Waals surface area contributed by atoms with E-state index in [1.165, 1.54) is 0 Å². The van der Waals surface area contributed by atoms with Crippen LogP contribution in [0, 0.1) is 0 Å². The fourth-order valence-corrected chi connectivity index (χ4v) is 2.57. The molecule has 0 bridgehead atoms. The van der Waals surface area contributed by atoms with Gasteiger partial charge in [0.2, 0.25) is 0 Å². The van der Waals surface area contributed by atoms with Crippen LogP contribution in [0.1, 0.15) is 51.0 Å². The van der Waals surface area contributed by atoms with E-state index >= 15 is 0 Å². The molecule has 0 aliphatic rings. The van der Waals surface area contributed by atoms with E-state index in [4.69, 9.17) is 4.74 Å². The lowest BCUT2D eigenvalue weighted by molar-refractivity contribution is 0.0748. The normalized spacial score (nSPS) is 10.7. The number of aromatic nitrogens is 2. The van der Waals surface area contributed by atoms with Crippen molar-refractivity contribution in [3.05, 3.63) is 42.1 Å². The topological polar surface area (TPSA) is 67.4 Å². The SMILES string of the molecule is CCCN(CCC)C(=O)c1ccc(Nc2ccc(OC(C)C)cc2)nn1. The zero-order valence-corrected chi connectivity index (χ0v) is 16.0. The van der Waals surface area contributed by atoms with E-state index in [9.17, 15) is 4.79 Å². The summed E-state index contributed by atoms with van der Waals surface area (Å²) in [5, 5.41) is 11.4. The van der Waals surface area contributed by atoms with Gasteiger partial charge in [-0.1, -0.05) is 13.8 Å². The summed E-state index contributed by atoms with van der Waals surface area (Å²) in [6.07, 6.45) is 2.00. The quantitative estimate of drug-likeness (QED) is 0.727. The molecule has 26 heavy (non-hydrogen) atoms. The van der Waals surface area contributed by atoms with Crippen LogP contribution in [-0.4, -0.2) is 40.2 Å². The molecule has 0 saturated carbocycles. The molecule has 0 aliphatic carbocycles. The Bertz CT molecular complexity index is 678. The number of nitrogens with zero attached hydrogens (tertiary/aromatic N) is 3. The van der Waals surface area contributed by atoms with Crippen LogP contribution < -0.4 is 10.1 Å². The lowest BCUT2D eigenvalue weighted by Crippen LogP contribution is -2.33. The Kier molecular flexibility index (Phi) is 7.38. The summed E-state index contributed by atoms with van der Waals surface area (Å²) < 4.78 is 5.63. The molecule has 6 nitrogen and oxygen atoms in total. The Morgan fingerprint density at radius 3 is 2.19 bits per heavy atom. The first-order chi connectivity index (χ1) is 12.5. The zero-order valence-electron chi connectivity index (χ0n) is 16.0. The maximum absolute atomic E-state index is 12.5. The van der Waals surface area contributed by atoms with Crippen LogP contribution in [0.3, 0.4) is 0 Å². The van der Waals surface area contributed by atoms with Crippen LogP contribution in [0.2, 0.25) is 0 Å². The van der Waals surface area contributed by atoms with Gasteiger partial charge in [-0.2, -0.15) is 0 Å². The second kappa shape index (κ2) is 9.75. The highest BCUT2D eigenvalue weighted by molar-refractivity contribution is 5.92. The minimum absolute atomic E-state index is 0.0667. The molecular formula is C20H28N4O2. The Labute approximate surface area is 155 Å². The molecule has 6 heteroatoms. The van der Waals surface area contributed by atoms with Gasteiger partial charge < -0.3 is 15.0 Å². The lowest BCUT2D eigenvalue weighted by atomic mass is 10.2. The number of anilines is 2. The fraction of sp³-hybridized carbons (Fsp3) is 0.450. The van der Waals surface area contributed by atoms with Gasteiger partial charge in [0.1, 0.15) is 5.75 Å². The van der Waals surface area contributed by atoms with E-state index in [1.54, 1.807) is 12.1 Å². The summed E-state index contributed by atoms with van der Waals surface area (Å²) in [6, 6.07) is 11.1. The van der Waals surface area contributed by atoms with Crippen molar-refractivity contribution in [1.82, 2.24) is 15.1 Å². The average molecular weight is 356 g/mol. The molecule has 2 aromatic rings. The second-order valence-corrected chi connectivity index (χ2v) is 6.41. The standard InChI is InChI=1S/C20H28N4O2/c1-5-13-24(14-6-2)20(25)18-11-12-19(23-22-18)21-16-7-9-17(10-8-16)26-15(3)4/h7-12,15H,5-6,13-14H2,1-4H3,(H,21,23). The van der Waals surface area contributed by atoms with Crippen molar-refractivity contribution in [2.75, 3.05) is 18.4 Å². The molecule has 1 aromatic carbocycles. The molecule has 1 amide bonds. The largest absolute Gasteiger partial charge is 0.491 e. The van der Waals surface area contributed by atoms with Gasteiger partial charge in [-0.05, 0) is 63.1 Å². The molecule has 140 valence electrons. The van der Waals surface area contributed by atoms with Crippen LogP contribution in [0.4, 0.5) is 11.5 Å². The summed E-state index contributed by atoms with van der Waals surface area (Å²) in [5.74, 6) is 1.35. The van der Waals surface area contributed by atoms with Crippen LogP contribution >= 0.6 is 0 Å². The summed E-state index contributed by atoms with van der Waals surface area (Å²) >= 11 is 0. The molecule has 0 spiro atoms. The van der Waals surface area contributed by atoms with E-state index in [1.807, 2.05) is 43.0 Å². The lowest BCUT2D eigenvalue weighted by Gasteiger charge is -2.20. The second-order valence-electron chi connectivity index (χ2n) is 6.41. The minimum Gasteiger partial charge on any atom is -0.491 e. The van der Waals surface area contributed by atoms with Crippen molar-refractivity contribution in [2.24, 2.45) is 0 Å². The molecule has 0 atom stereocenters. The third-order valence-electron chi connectivity index (χ3n) is 3.66. The Balaban J connectivity index is 2.01. The van der Waals surface area contributed by atoms with E-state index < -0.39 is 0 Å². The number of rotatable bonds is 9. The highest BCUT2D eigenvalue weighted by Gasteiger charge is 2.16. The van der Waals surface area contributed by atoms with Gasteiger partial charge in [0.25, 0.3) is 5.91 Å². The smallest absolute Gasteiger partial charge is 0.274 e. The predicted molar refractivity (Wildman–Crippen MR) is 104 cm³/mol. The predicted octanol–water partition coefficient (Wildman–Crippen LogP) is 4.27. The summed E-state index contributed by atoms with van der Waals surface area (Å²) in [7, 11) is 0. The first-order valence-electron chi connectivity index (χ1n) is 9.20. The molecule has 0 aliphatic heterocycles. The molecule has 2 rings (SSSR count). The van der Waals surface area contributed by atoms with Crippen LogP contribution in [0.5, 0.6) is 5.75 Å². The van der Waals surface area contributed by atoms with Gasteiger partial charge in [0.15, 0.2) is 11.5 Å². The van der Waals surface area contributed by atoms with E-state index in [-0.39, 0.29) is 12.0 Å². The molecule has 0 fully saturated rings. The molecule has 0 saturated heterocycles. The number of carbonyl (C=O) groups excluding carboxylic acids is 1. The minimum atomic E-state index is -0.0667. The number of hydrogen-bond acceptors (Lipinski definition) is 5.